The van der Waals surface area contributed by atoms with E-state index in [-0.39, 0.29) is 83.5 Å². The number of hydrogen-bond donors (Lipinski definition) is 4. The Morgan fingerprint density at radius 1 is 0.729 bits per heavy atom. The van der Waals surface area contributed by atoms with Gasteiger partial charge in [0, 0.05) is 79.6 Å². The van der Waals surface area contributed by atoms with Crippen LogP contribution in [-0.2, 0) is 61.0 Å². The number of carboxylic acids is 1. The minimum Gasteiger partial charge on any atom is -0.479 e. The van der Waals surface area contributed by atoms with Crippen LogP contribution in [0.15, 0.2) is 75.5 Å². The van der Waals surface area contributed by atoms with Gasteiger partial charge in [-0.2, -0.15) is 0 Å². The highest BCUT2D eigenvalue weighted by atomic mass is 35.5. The molecule has 2 atom stereocenters. The lowest BCUT2D eigenvalue weighted by atomic mass is 10.0. The largest absolute Gasteiger partial charge is 0.479 e. The van der Waals surface area contributed by atoms with Crippen molar-refractivity contribution in [3.63, 3.8) is 0 Å². The summed E-state index contributed by atoms with van der Waals surface area (Å²) in [5.41, 5.74) is 8.34. The third-order valence-electron chi connectivity index (χ3n) is 12.2. The zero-order valence-corrected chi connectivity index (χ0v) is 51.0. The zero-order valence-electron chi connectivity index (χ0n) is 49.5. The Balaban J connectivity index is 0.000000303. The Labute approximate surface area is 500 Å². The normalized spacial score (nSPS) is 12.4. The number of nitrogens with one attached hydrogen (secondary N) is 2. The van der Waals surface area contributed by atoms with Crippen LogP contribution < -0.4 is 22.2 Å². The molecule has 5 aromatic rings. The van der Waals surface area contributed by atoms with Gasteiger partial charge in [-0.25, -0.2) is 33.1 Å². The van der Waals surface area contributed by atoms with Gasteiger partial charge in [0.25, 0.3) is 17.0 Å². The van der Waals surface area contributed by atoms with E-state index in [9.17, 15) is 47.1 Å². The number of anilines is 2. The molecule has 1 aliphatic rings. The summed E-state index contributed by atoms with van der Waals surface area (Å²) in [6.07, 6.45) is 6.48. The number of H-pyrrole nitrogens is 1. The molecule has 0 bridgehead atoms. The number of aromatic amines is 1. The van der Waals surface area contributed by atoms with Crippen LogP contribution in [0.1, 0.15) is 76.0 Å². The van der Waals surface area contributed by atoms with Gasteiger partial charge >= 0.3 is 18.2 Å². The van der Waals surface area contributed by atoms with Crippen molar-refractivity contribution in [2.45, 2.75) is 97.9 Å². The van der Waals surface area contributed by atoms with Crippen LogP contribution in [0.5, 0.6) is 0 Å². The molecule has 5 aromatic heterocycles. The molecule has 0 aromatic carbocycles. The fourth-order valence-corrected chi connectivity index (χ4v) is 8.18. The van der Waals surface area contributed by atoms with E-state index in [1.807, 2.05) is 27.7 Å². The second-order valence-corrected chi connectivity index (χ2v) is 21.9. The molecule has 6 rings (SSSR count). The van der Waals surface area contributed by atoms with Gasteiger partial charge in [0.05, 0.1) is 48.1 Å². The van der Waals surface area contributed by atoms with E-state index in [2.05, 4.69) is 30.2 Å². The first-order valence-electron chi connectivity index (χ1n) is 26.7. The van der Waals surface area contributed by atoms with Gasteiger partial charge in [0.15, 0.2) is 11.8 Å². The molecule has 28 heteroatoms. The monoisotopic (exact) mass is 1220 g/mol. The van der Waals surface area contributed by atoms with Gasteiger partial charge in [-0.15, -0.1) is 0 Å². The Morgan fingerprint density at radius 2 is 1.24 bits per heavy atom. The summed E-state index contributed by atoms with van der Waals surface area (Å²) in [6, 6.07) is 5.82. The maximum absolute atomic E-state index is 14.5. The van der Waals surface area contributed by atoms with Crippen LogP contribution in [0.25, 0.3) is 11.2 Å². The first kappa shape index (κ1) is 69.0. The van der Waals surface area contributed by atoms with Crippen molar-refractivity contribution >= 4 is 93.0 Å². The Kier molecular flexibility index (Phi) is 25.9. The van der Waals surface area contributed by atoms with Gasteiger partial charge in [-0.3, -0.25) is 43.1 Å². The van der Waals surface area contributed by atoms with Crippen molar-refractivity contribution < 1.29 is 52.1 Å². The summed E-state index contributed by atoms with van der Waals surface area (Å²) in [5, 5.41) is 11.8. The second kappa shape index (κ2) is 31.9. The number of amides is 5. The Hall–Kier alpha value is -8.52. The molecule has 0 saturated heterocycles. The molecular weight excluding hydrogens is 1150 g/mol. The molecule has 0 spiro atoms. The quantitative estimate of drug-likeness (QED) is 0.0414. The molecule has 0 radical (unpaired) electrons. The summed E-state index contributed by atoms with van der Waals surface area (Å²) in [5.74, 6) is -2.17. The number of hydrogen-bond acceptors (Lipinski definition) is 15. The number of rotatable bonds is 21. The van der Waals surface area contributed by atoms with Crippen LogP contribution in [-0.4, -0.2) is 164 Å². The highest BCUT2D eigenvalue weighted by molar-refractivity contribution is 6.30. The summed E-state index contributed by atoms with van der Waals surface area (Å²) in [6.45, 7) is 8.09. The van der Waals surface area contributed by atoms with E-state index in [0.717, 1.165) is 4.90 Å². The Bertz CT molecular complexity index is 3450. The van der Waals surface area contributed by atoms with Gasteiger partial charge in [-0.1, -0.05) is 63.0 Å². The second-order valence-electron chi connectivity index (χ2n) is 21.1. The van der Waals surface area contributed by atoms with E-state index < -0.39 is 53.2 Å². The molecule has 24 nitrogen and oxygen atoms in total. The number of fused-ring (bicyclic) bond motifs is 2. The van der Waals surface area contributed by atoms with Crippen molar-refractivity contribution in [1.29, 1.82) is 0 Å². The first-order valence-corrected chi connectivity index (χ1v) is 27.5. The maximum atomic E-state index is 14.5. The number of allylic oxidation sites excluding steroid dienone is 2. The number of ether oxygens (including phenoxy) is 2. The lowest BCUT2D eigenvalue weighted by Crippen LogP contribution is -2.38. The predicted molar refractivity (Wildman–Crippen MR) is 319 cm³/mol. The number of nitrogen functional groups attached to an aromatic ring is 1. The number of nitrogens with zero attached hydrogens (tertiary/aromatic N) is 10. The van der Waals surface area contributed by atoms with Gasteiger partial charge < -0.3 is 50.2 Å². The minimum atomic E-state index is -1.24. The van der Waals surface area contributed by atoms with Crippen molar-refractivity contribution in [3.05, 3.63) is 126 Å². The van der Waals surface area contributed by atoms with Gasteiger partial charge in [0.1, 0.15) is 33.5 Å². The number of likely N-dealkylation sites (N-methyl/N-ethyl adjacent to an activating group) is 2. The number of imidazole rings is 1. The average molecular weight is 1230 g/mol. The van der Waals surface area contributed by atoms with Crippen LogP contribution in [0, 0.1) is 23.5 Å². The number of halogens is 4. The summed E-state index contributed by atoms with van der Waals surface area (Å²) in [7, 11) is 12.3. The first-order chi connectivity index (χ1) is 39.9. The minimum absolute atomic E-state index is 0.00418. The van der Waals surface area contributed by atoms with E-state index in [4.69, 9.17) is 43.5 Å². The molecule has 5 amide bonds. The molecule has 5 N–H and O–H groups in total. The molecule has 85 heavy (non-hydrogen) atoms. The van der Waals surface area contributed by atoms with E-state index in [1.165, 1.54) is 94.8 Å². The third kappa shape index (κ3) is 20.4. The van der Waals surface area contributed by atoms with Crippen LogP contribution in [0.2, 0.25) is 10.3 Å². The molecular formula is C57H73Cl2F2N13O11. The highest BCUT2D eigenvalue weighted by Gasteiger charge is 2.28. The third-order valence-corrected chi connectivity index (χ3v) is 12.9. The molecule has 0 saturated carbocycles. The van der Waals surface area contributed by atoms with Gasteiger partial charge in [-0.05, 0) is 86.8 Å². The molecule has 0 fully saturated rings. The fraction of sp³-hybridized carbons (Fsp3) is 0.439. The van der Waals surface area contributed by atoms with E-state index in [1.54, 1.807) is 46.4 Å². The summed E-state index contributed by atoms with van der Waals surface area (Å²) >= 11 is 12.4. The number of pyridine rings is 4. The van der Waals surface area contributed by atoms with Crippen molar-refractivity contribution in [1.82, 2.24) is 48.7 Å². The lowest BCUT2D eigenvalue weighted by Gasteiger charge is -2.20. The average Bonchev–Trinajstić information content (AvgIpc) is 2.88. The van der Waals surface area contributed by atoms with Gasteiger partial charge in [0.2, 0.25) is 17.9 Å². The number of carbonyl (C=O) groups excluding carboxylic acids is 5. The fourth-order valence-electron chi connectivity index (χ4n) is 7.78. The molecule has 6 heterocycles. The number of carbonyl (C=O) groups is 6. The van der Waals surface area contributed by atoms with Crippen LogP contribution >= 0.6 is 23.2 Å². The highest BCUT2D eigenvalue weighted by Crippen LogP contribution is 2.33. The number of aliphatic carboxylic acids is 1. The molecule has 460 valence electrons. The standard InChI is InChI=1S/C29H36ClFN6O5.C16H17ClFN5O.C12H20N2O5/c1-17(2)13-19-20(31)15-32-22-14-18(33-26(19)22)16-37-24(30)12-11-21(28(37)40)34-27(39)23(42-29(41)36(5)6)9-7-8-10-25(38)35(3)4;1-8(2)5-9-10(18)6-20-15-14(9)21-13(22-15)7-23-12(17)4-3-11(19)16(23)24;1-13(2)10(15)8-6-5-7-9(11(16)17)19-12(18)14(3)4/h8,10-12,15,17,23H,7,9,13-14,16H2,1-6H3,(H,34,39);3-4,6,8H,5,7,19H2,1-2H3,(H,20,21,22);6,8-9H,5,7H2,1-4H3,(H,16,17)/b10-8+;;8-6+/t23-;;9-/m0.0/s1. The maximum Gasteiger partial charge on any atom is 0.410 e. The Morgan fingerprint density at radius 3 is 1.78 bits per heavy atom. The van der Waals surface area contributed by atoms with E-state index in [0.29, 0.717) is 70.9 Å². The molecule has 0 aliphatic carbocycles. The van der Waals surface area contributed by atoms with Crippen molar-refractivity contribution in [2.24, 2.45) is 16.8 Å². The number of nitrogens with two attached hydrogens (primary N) is 1. The van der Waals surface area contributed by atoms with Crippen LogP contribution in [0.3, 0.4) is 0 Å². The number of carboxylic acid groups (broad SMARTS) is 1. The summed E-state index contributed by atoms with van der Waals surface area (Å²) in [4.78, 5) is 121. The summed E-state index contributed by atoms with van der Waals surface area (Å²) < 4.78 is 41.3. The number of aromatic nitrogens is 6. The number of aliphatic imine (C=N–C) groups is 1. The van der Waals surface area contributed by atoms with Crippen molar-refractivity contribution in [2.75, 3.05) is 67.4 Å². The SMILES string of the molecule is CC(C)Cc1c(F)cnc2c1N=C(Cn1c(Cl)ccc(NC(=O)[C@H](CC/C=C/C(=O)N(C)C)OC(=O)N(C)C)c1=O)C2.CC(C)Cc1c(F)cnc2nc(Cn3c(Cl)ccc(N)c3=O)[nH]c12.CN(C)C(=O)/C=C/CC[C@H](OC(=O)N(C)C)C(=O)O. The van der Waals surface area contributed by atoms with E-state index >= 15 is 0 Å². The topological polar surface area (TPSA) is 303 Å². The predicted octanol–water partition coefficient (Wildman–Crippen LogP) is 7.30. The molecule has 1 aliphatic heterocycles. The molecule has 0 unspecified atom stereocenters. The smallest absolute Gasteiger partial charge is 0.410 e. The zero-order chi connectivity index (χ0) is 63.6. The van der Waals surface area contributed by atoms with Crippen molar-refractivity contribution in [3.8, 4) is 0 Å². The van der Waals surface area contributed by atoms with Crippen LogP contribution in [0.4, 0.5) is 35.4 Å². The lowest BCUT2D eigenvalue weighted by molar-refractivity contribution is -0.147.